The van der Waals surface area contributed by atoms with Crippen LogP contribution >= 0.6 is 0 Å². The van der Waals surface area contributed by atoms with E-state index in [9.17, 15) is 4.79 Å². The number of carbonyl (C=O) groups is 1. The molecule has 8 heteroatoms. The number of ether oxygens (including phenoxy) is 1. The molecule has 0 amide bonds. The molecule has 2 aromatic heterocycles. The van der Waals surface area contributed by atoms with Crippen molar-refractivity contribution < 1.29 is 14.6 Å². The van der Waals surface area contributed by atoms with Gasteiger partial charge in [-0.05, 0) is 55.5 Å². The number of nitrogens with two attached hydrogens (primary N) is 1. The van der Waals surface area contributed by atoms with Crippen LogP contribution in [-0.2, 0) is 4.79 Å². The van der Waals surface area contributed by atoms with Crippen LogP contribution in [0.2, 0.25) is 0 Å². The van der Waals surface area contributed by atoms with Gasteiger partial charge >= 0.3 is 5.97 Å². The molecule has 1 aliphatic carbocycles. The fourth-order valence-corrected chi connectivity index (χ4v) is 4.72. The highest BCUT2D eigenvalue weighted by atomic mass is 16.5. The molecule has 5 rings (SSSR count). The molecule has 0 radical (unpaired) electrons. The van der Waals surface area contributed by atoms with Crippen molar-refractivity contribution in [3.8, 4) is 22.6 Å². The number of anilines is 1. The summed E-state index contributed by atoms with van der Waals surface area (Å²) < 4.78 is 8.14. The first-order chi connectivity index (χ1) is 16.6. The van der Waals surface area contributed by atoms with E-state index in [1.54, 1.807) is 0 Å². The minimum absolute atomic E-state index is 0.000325. The third-order valence-corrected chi connectivity index (χ3v) is 6.41. The lowest BCUT2D eigenvalue weighted by atomic mass is 9.91. The van der Waals surface area contributed by atoms with E-state index in [2.05, 4.69) is 26.0 Å². The highest BCUT2D eigenvalue weighted by molar-refractivity contribution is 6.00. The van der Waals surface area contributed by atoms with Gasteiger partial charge in [0.2, 0.25) is 0 Å². The first-order valence-corrected chi connectivity index (χ1v) is 11.5. The second kappa shape index (κ2) is 9.52. The molecule has 174 valence electrons. The lowest BCUT2D eigenvalue weighted by molar-refractivity contribution is -0.136. The number of nitrogen functional groups attached to an aromatic ring is 1. The zero-order chi connectivity index (χ0) is 23.5. The molecule has 8 nitrogen and oxygen atoms in total. The molecule has 2 aromatic carbocycles. The van der Waals surface area contributed by atoms with E-state index < -0.39 is 5.97 Å². The van der Waals surface area contributed by atoms with Crippen LogP contribution in [0.4, 0.5) is 5.82 Å². The summed E-state index contributed by atoms with van der Waals surface area (Å²) in [5, 5.41) is 12.9. The maximum atomic E-state index is 10.9. The number of nitrogens with zero attached hydrogens (tertiary/aromatic N) is 3. The summed E-state index contributed by atoms with van der Waals surface area (Å²) in [5.41, 5.74) is 9.14. The predicted molar refractivity (Wildman–Crippen MR) is 131 cm³/mol. The van der Waals surface area contributed by atoms with E-state index in [0.717, 1.165) is 59.3 Å². The van der Waals surface area contributed by atoms with E-state index in [-0.39, 0.29) is 18.6 Å². The van der Waals surface area contributed by atoms with Gasteiger partial charge in [0.25, 0.3) is 0 Å². The van der Waals surface area contributed by atoms with Crippen LogP contribution in [-0.4, -0.2) is 38.2 Å². The van der Waals surface area contributed by atoms with Crippen LogP contribution in [0.3, 0.4) is 0 Å². The molecule has 1 fully saturated rings. The fraction of sp³-hybridized carbons (Fsp3) is 0.269. The maximum Gasteiger partial charge on any atom is 0.317 e. The van der Waals surface area contributed by atoms with Crippen molar-refractivity contribution in [2.75, 3.05) is 12.3 Å². The largest absolute Gasteiger partial charge is 0.480 e. The van der Waals surface area contributed by atoms with Gasteiger partial charge in [-0.25, -0.2) is 9.97 Å². The number of hydrogen-bond acceptors (Lipinski definition) is 6. The highest BCUT2D eigenvalue weighted by Gasteiger charge is 2.26. The van der Waals surface area contributed by atoms with Crippen LogP contribution < -0.4 is 15.8 Å². The van der Waals surface area contributed by atoms with Gasteiger partial charge in [-0.3, -0.25) is 4.79 Å². The Morgan fingerprint density at radius 1 is 1.03 bits per heavy atom. The Hall–Kier alpha value is -3.91. The SMILES string of the molecule is Nc1ncnc2c1c(-c1ccc(Oc3ccccc3)cc1)cn2[C@H]1CC[C@@H](NCC(=O)O)CC1. The van der Waals surface area contributed by atoms with Crippen molar-refractivity contribution in [3.05, 3.63) is 67.1 Å². The second-order valence-electron chi connectivity index (χ2n) is 8.63. The van der Waals surface area contributed by atoms with Gasteiger partial charge in [0.15, 0.2) is 0 Å². The maximum absolute atomic E-state index is 10.9. The fourth-order valence-electron chi connectivity index (χ4n) is 4.72. The summed E-state index contributed by atoms with van der Waals surface area (Å²) >= 11 is 0. The van der Waals surface area contributed by atoms with Crippen molar-refractivity contribution >= 4 is 22.8 Å². The van der Waals surface area contributed by atoms with Crippen LogP contribution in [0.5, 0.6) is 11.5 Å². The van der Waals surface area contributed by atoms with Crippen LogP contribution in [0.1, 0.15) is 31.7 Å². The number of carboxylic acid groups (broad SMARTS) is 1. The molecule has 0 spiro atoms. The Bertz CT molecular complexity index is 1280. The molecule has 1 saturated carbocycles. The molecule has 4 aromatic rings. The summed E-state index contributed by atoms with van der Waals surface area (Å²) in [6.07, 6.45) is 7.34. The number of hydrogen-bond donors (Lipinski definition) is 3. The Balaban J connectivity index is 1.40. The molecule has 0 unspecified atom stereocenters. The summed E-state index contributed by atoms with van der Waals surface area (Å²) in [7, 11) is 0. The molecule has 1 aliphatic rings. The number of fused-ring (bicyclic) bond motifs is 1. The minimum Gasteiger partial charge on any atom is -0.480 e. The van der Waals surface area contributed by atoms with E-state index >= 15 is 0 Å². The van der Waals surface area contributed by atoms with E-state index in [0.29, 0.717) is 5.82 Å². The first-order valence-electron chi connectivity index (χ1n) is 11.5. The quantitative estimate of drug-likeness (QED) is 0.370. The Morgan fingerprint density at radius 3 is 2.44 bits per heavy atom. The Kier molecular flexibility index (Phi) is 6.14. The molecule has 4 N–H and O–H groups in total. The number of aromatic nitrogens is 3. The standard InChI is InChI=1S/C26H27N5O3/c27-25-24-22(17-6-12-21(13-7-17)34-20-4-2-1-3-5-20)15-31(26(24)30-16-29-25)19-10-8-18(9-11-19)28-14-23(32)33/h1-7,12-13,15-16,18-19,28H,8-11,14H2,(H,32,33)(H2,27,29,30)/t18-,19+. The normalized spacial score (nSPS) is 18.1. The van der Waals surface area contributed by atoms with Crippen molar-refractivity contribution in [1.29, 1.82) is 0 Å². The molecular weight excluding hydrogens is 430 g/mol. The highest BCUT2D eigenvalue weighted by Crippen LogP contribution is 2.38. The van der Waals surface area contributed by atoms with E-state index in [1.807, 2.05) is 54.6 Å². The van der Waals surface area contributed by atoms with Gasteiger partial charge in [-0.2, -0.15) is 0 Å². The molecule has 34 heavy (non-hydrogen) atoms. The molecule has 0 aliphatic heterocycles. The minimum atomic E-state index is -0.824. The van der Waals surface area contributed by atoms with Crippen LogP contribution in [0, 0.1) is 0 Å². The van der Waals surface area contributed by atoms with Gasteiger partial charge in [0.1, 0.15) is 29.3 Å². The Morgan fingerprint density at radius 2 is 1.74 bits per heavy atom. The number of benzene rings is 2. The first kappa shape index (κ1) is 21.9. The molecule has 0 atom stereocenters. The number of aliphatic carboxylic acids is 1. The van der Waals surface area contributed by atoms with Gasteiger partial charge in [0.05, 0.1) is 11.9 Å². The van der Waals surface area contributed by atoms with Crippen LogP contribution in [0.25, 0.3) is 22.2 Å². The van der Waals surface area contributed by atoms with Gasteiger partial charge < -0.3 is 25.5 Å². The second-order valence-corrected chi connectivity index (χ2v) is 8.63. The summed E-state index contributed by atoms with van der Waals surface area (Å²) in [4.78, 5) is 19.7. The number of para-hydroxylation sites is 1. The lowest BCUT2D eigenvalue weighted by Crippen LogP contribution is -2.36. The van der Waals surface area contributed by atoms with E-state index in [4.69, 9.17) is 15.6 Å². The smallest absolute Gasteiger partial charge is 0.317 e. The predicted octanol–water partition coefficient (Wildman–Crippen LogP) is 4.63. The van der Waals surface area contributed by atoms with Gasteiger partial charge in [-0.1, -0.05) is 30.3 Å². The summed E-state index contributed by atoms with van der Waals surface area (Å²) in [6, 6.07) is 18.1. The van der Waals surface area contributed by atoms with Gasteiger partial charge in [0, 0.05) is 23.8 Å². The van der Waals surface area contributed by atoms with Crippen molar-refractivity contribution in [1.82, 2.24) is 19.9 Å². The lowest BCUT2D eigenvalue weighted by Gasteiger charge is -2.30. The van der Waals surface area contributed by atoms with Crippen molar-refractivity contribution in [3.63, 3.8) is 0 Å². The molecule has 0 saturated heterocycles. The van der Waals surface area contributed by atoms with Crippen molar-refractivity contribution in [2.45, 2.75) is 37.8 Å². The average Bonchev–Trinajstić information content (AvgIpc) is 3.25. The third kappa shape index (κ3) is 4.58. The number of nitrogens with one attached hydrogen (secondary N) is 1. The number of rotatable bonds is 7. The molecular formula is C26H27N5O3. The molecule has 2 heterocycles. The zero-order valence-electron chi connectivity index (χ0n) is 18.7. The van der Waals surface area contributed by atoms with Gasteiger partial charge in [-0.15, -0.1) is 0 Å². The molecule has 0 bridgehead atoms. The van der Waals surface area contributed by atoms with Crippen molar-refractivity contribution in [2.24, 2.45) is 0 Å². The Labute approximate surface area is 197 Å². The zero-order valence-corrected chi connectivity index (χ0v) is 18.7. The summed E-state index contributed by atoms with van der Waals surface area (Å²) in [5.74, 6) is 1.18. The monoisotopic (exact) mass is 457 g/mol. The number of carboxylic acids is 1. The topological polar surface area (TPSA) is 115 Å². The third-order valence-electron chi connectivity index (χ3n) is 6.41. The summed E-state index contributed by atoms with van der Waals surface area (Å²) in [6.45, 7) is -0.000325. The van der Waals surface area contributed by atoms with E-state index in [1.165, 1.54) is 6.33 Å². The van der Waals surface area contributed by atoms with Crippen LogP contribution in [0.15, 0.2) is 67.1 Å². The average molecular weight is 458 g/mol.